The quantitative estimate of drug-likeness (QED) is 0.528. The molecule has 0 fully saturated rings. The molecule has 0 aliphatic rings. The molecule has 0 aromatic heterocycles. The molecular weight excluding hydrogens is 306 g/mol. The van der Waals surface area contributed by atoms with Crippen LogP contribution in [0.25, 0.3) is 0 Å². The molecule has 0 aliphatic carbocycles. The Kier molecular flexibility index (Phi) is 7.87. The van der Waals surface area contributed by atoms with E-state index in [-0.39, 0.29) is 23.5 Å². The van der Waals surface area contributed by atoms with Gasteiger partial charge in [-0.25, -0.2) is 0 Å². The van der Waals surface area contributed by atoms with Crippen molar-refractivity contribution in [2.75, 3.05) is 19.8 Å². The number of hydrogen-bond donors (Lipinski definition) is 3. The van der Waals surface area contributed by atoms with Gasteiger partial charge in [-0.1, -0.05) is 0 Å². The summed E-state index contributed by atoms with van der Waals surface area (Å²) in [6.07, 6.45) is 0. The Bertz CT molecular complexity index is 519. The fraction of sp³-hybridized carbons (Fsp3) is 0.357. The molecule has 7 nitrogen and oxygen atoms in total. The number of carbonyl (C=O) groups excluding carboxylic acids is 2. The standard InChI is InChI=1S/C14H19N3O4S/c1-3-20-9-12(18)16-17-14(22)15-13(19)10-5-7-11(8-6-10)21-4-2/h5-8H,3-4,9H2,1-2H3,(H,16,18)(H2,15,17,19,22). The minimum atomic E-state index is -0.389. The molecule has 0 aliphatic heterocycles. The summed E-state index contributed by atoms with van der Waals surface area (Å²) in [6, 6.07) is 6.63. The lowest BCUT2D eigenvalue weighted by atomic mass is 10.2. The van der Waals surface area contributed by atoms with Crippen molar-refractivity contribution in [2.24, 2.45) is 0 Å². The van der Waals surface area contributed by atoms with Crippen LogP contribution >= 0.6 is 12.2 Å². The van der Waals surface area contributed by atoms with Crippen molar-refractivity contribution in [1.82, 2.24) is 16.2 Å². The zero-order chi connectivity index (χ0) is 16.4. The highest BCUT2D eigenvalue weighted by Gasteiger charge is 2.08. The number of rotatable bonds is 6. The van der Waals surface area contributed by atoms with Crippen molar-refractivity contribution < 1.29 is 19.1 Å². The van der Waals surface area contributed by atoms with E-state index < -0.39 is 0 Å². The molecule has 0 saturated heterocycles. The molecule has 2 amide bonds. The fourth-order valence-electron chi connectivity index (χ4n) is 1.43. The molecule has 0 heterocycles. The molecule has 120 valence electrons. The zero-order valence-corrected chi connectivity index (χ0v) is 13.3. The highest BCUT2D eigenvalue weighted by molar-refractivity contribution is 7.80. The van der Waals surface area contributed by atoms with Gasteiger partial charge in [0.2, 0.25) is 0 Å². The van der Waals surface area contributed by atoms with E-state index in [4.69, 9.17) is 21.7 Å². The third-order valence-electron chi connectivity index (χ3n) is 2.41. The highest BCUT2D eigenvalue weighted by Crippen LogP contribution is 2.11. The average molecular weight is 325 g/mol. The molecule has 1 rings (SSSR count). The van der Waals surface area contributed by atoms with E-state index in [1.165, 1.54) is 0 Å². The van der Waals surface area contributed by atoms with Gasteiger partial charge in [0.05, 0.1) is 6.61 Å². The smallest absolute Gasteiger partial charge is 0.264 e. The summed E-state index contributed by atoms with van der Waals surface area (Å²) in [7, 11) is 0. The minimum Gasteiger partial charge on any atom is -0.494 e. The van der Waals surface area contributed by atoms with Crippen LogP contribution in [0.4, 0.5) is 0 Å². The Morgan fingerprint density at radius 1 is 1.09 bits per heavy atom. The third kappa shape index (κ3) is 6.51. The van der Waals surface area contributed by atoms with Gasteiger partial charge in [0.25, 0.3) is 11.8 Å². The van der Waals surface area contributed by atoms with Gasteiger partial charge in [-0.3, -0.25) is 25.8 Å². The maximum Gasteiger partial charge on any atom is 0.264 e. The second-order valence-electron chi connectivity index (χ2n) is 4.05. The Morgan fingerprint density at radius 2 is 1.77 bits per heavy atom. The molecule has 0 radical (unpaired) electrons. The SMILES string of the molecule is CCOCC(=O)NNC(=S)NC(=O)c1ccc(OCC)cc1. The van der Waals surface area contributed by atoms with Gasteiger partial charge in [0.1, 0.15) is 12.4 Å². The molecule has 0 spiro atoms. The average Bonchev–Trinajstić information content (AvgIpc) is 2.52. The molecule has 0 bridgehead atoms. The largest absolute Gasteiger partial charge is 0.494 e. The van der Waals surface area contributed by atoms with E-state index in [2.05, 4.69) is 16.2 Å². The van der Waals surface area contributed by atoms with Crippen molar-refractivity contribution in [2.45, 2.75) is 13.8 Å². The Hall–Kier alpha value is -2.19. The summed E-state index contributed by atoms with van der Waals surface area (Å²) in [4.78, 5) is 23.2. The van der Waals surface area contributed by atoms with E-state index in [1.807, 2.05) is 6.92 Å². The maximum atomic E-state index is 11.9. The predicted octanol–water partition coefficient (Wildman–Crippen LogP) is 0.757. The van der Waals surface area contributed by atoms with E-state index in [1.54, 1.807) is 31.2 Å². The second-order valence-corrected chi connectivity index (χ2v) is 4.46. The summed E-state index contributed by atoms with van der Waals surface area (Å²) in [5.74, 6) is -0.0953. The summed E-state index contributed by atoms with van der Waals surface area (Å²) < 4.78 is 10.2. The van der Waals surface area contributed by atoms with Crippen molar-refractivity contribution in [3.05, 3.63) is 29.8 Å². The monoisotopic (exact) mass is 325 g/mol. The Morgan fingerprint density at radius 3 is 2.36 bits per heavy atom. The molecule has 22 heavy (non-hydrogen) atoms. The van der Waals surface area contributed by atoms with E-state index in [9.17, 15) is 9.59 Å². The summed E-state index contributed by atoms with van der Waals surface area (Å²) >= 11 is 4.91. The number of hydrazine groups is 1. The number of ether oxygens (including phenoxy) is 2. The first-order valence-electron chi connectivity index (χ1n) is 6.77. The first-order valence-corrected chi connectivity index (χ1v) is 7.18. The normalized spacial score (nSPS) is 9.73. The topological polar surface area (TPSA) is 88.7 Å². The van der Waals surface area contributed by atoms with Crippen LogP contribution in [0.15, 0.2) is 24.3 Å². The Balaban J connectivity index is 2.40. The molecule has 1 aromatic rings. The van der Waals surface area contributed by atoms with Crippen LogP contribution in [0.5, 0.6) is 5.75 Å². The van der Waals surface area contributed by atoms with Crippen LogP contribution < -0.4 is 20.9 Å². The molecular formula is C14H19N3O4S. The second kappa shape index (κ2) is 9.69. The number of thiocarbonyl (C=S) groups is 1. The lowest BCUT2D eigenvalue weighted by Crippen LogP contribution is -2.49. The molecule has 0 atom stereocenters. The van der Waals surface area contributed by atoms with Gasteiger partial charge >= 0.3 is 0 Å². The molecule has 0 saturated carbocycles. The van der Waals surface area contributed by atoms with E-state index >= 15 is 0 Å². The van der Waals surface area contributed by atoms with E-state index in [0.29, 0.717) is 24.5 Å². The molecule has 1 aromatic carbocycles. The number of benzene rings is 1. The van der Waals surface area contributed by atoms with Crippen LogP contribution in [-0.2, 0) is 9.53 Å². The van der Waals surface area contributed by atoms with E-state index in [0.717, 1.165) is 0 Å². The molecule has 3 N–H and O–H groups in total. The fourth-order valence-corrected chi connectivity index (χ4v) is 1.58. The van der Waals surface area contributed by atoms with Gasteiger partial charge in [-0.15, -0.1) is 0 Å². The lowest BCUT2D eigenvalue weighted by molar-refractivity contribution is -0.126. The van der Waals surface area contributed by atoms with Gasteiger partial charge in [0.15, 0.2) is 5.11 Å². The molecule has 0 unspecified atom stereocenters. The number of hydrogen-bond acceptors (Lipinski definition) is 5. The summed E-state index contributed by atoms with van der Waals surface area (Å²) in [5, 5.41) is 2.43. The van der Waals surface area contributed by atoms with Crippen LogP contribution in [0.1, 0.15) is 24.2 Å². The highest BCUT2D eigenvalue weighted by atomic mass is 32.1. The number of nitrogens with one attached hydrogen (secondary N) is 3. The molecule has 8 heteroatoms. The lowest BCUT2D eigenvalue weighted by Gasteiger charge is -2.11. The van der Waals surface area contributed by atoms with Crippen LogP contribution in [0, 0.1) is 0 Å². The van der Waals surface area contributed by atoms with Crippen molar-refractivity contribution in [1.29, 1.82) is 0 Å². The van der Waals surface area contributed by atoms with Crippen LogP contribution in [-0.4, -0.2) is 36.7 Å². The Labute approximate surface area is 134 Å². The number of amides is 2. The number of carbonyl (C=O) groups is 2. The minimum absolute atomic E-state index is 0.0104. The summed E-state index contributed by atoms with van der Waals surface area (Å²) in [5.41, 5.74) is 5.15. The third-order valence-corrected chi connectivity index (χ3v) is 2.61. The zero-order valence-electron chi connectivity index (χ0n) is 12.5. The summed E-state index contributed by atoms with van der Waals surface area (Å²) in [6.45, 7) is 4.57. The van der Waals surface area contributed by atoms with Crippen molar-refractivity contribution in [3.63, 3.8) is 0 Å². The first-order chi connectivity index (χ1) is 10.6. The van der Waals surface area contributed by atoms with Gasteiger partial charge in [-0.2, -0.15) is 0 Å². The predicted molar refractivity (Wildman–Crippen MR) is 85.4 cm³/mol. The van der Waals surface area contributed by atoms with Gasteiger partial charge < -0.3 is 9.47 Å². The van der Waals surface area contributed by atoms with Crippen molar-refractivity contribution >= 4 is 29.1 Å². The maximum absolute atomic E-state index is 11.9. The van der Waals surface area contributed by atoms with Crippen LogP contribution in [0.2, 0.25) is 0 Å². The van der Waals surface area contributed by atoms with Gasteiger partial charge in [0, 0.05) is 12.2 Å². The van der Waals surface area contributed by atoms with Gasteiger partial charge in [-0.05, 0) is 50.3 Å². The van der Waals surface area contributed by atoms with Crippen LogP contribution in [0.3, 0.4) is 0 Å². The van der Waals surface area contributed by atoms with Crippen molar-refractivity contribution in [3.8, 4) is 5.75 Å². The first kappa shape index (κ1) is 17.9.